The maximum atomic E-state index is 14.0. The van der Waals surface area contributed by atoms with Gasteiger partial charge in [0.05, 0.1) is 6.61 Å². The van der Waals surface area contributed by atoms with Crippen LogP contribution in [-0.4, -0.2) is 6.61 Å². The fraction of sp³-hybridized carbons (Fsp3) is 0.250. The third-order valence-corrected chi connectivity index (χ3v) is 4.34. The molecule has 5 heteroatoms. The molecule has 0 aromatic heterocycles. The van der Waals surface area contributed by atoms with Crippen molar-refractivity contribution in [2.45, 2.75) is 18.9 Å². The number of nitrogens with two attached hydrogens (primary N) is 1. The van der Waals surface area contributed by atoms with Crippen molar-refractivity contribution >= 4 is 27.5 Å². The fourth-order valence-electron chi connectivity index (χ4n) is 2.65. The first-order valence-corrected chi connectivity index (χ1v) is 7.86. The molecule has 1 aliphatic rings. The van der Waals surface area contributed by atoms with Crippen LogP contribution in [0.3, 0.4) is 0 Å². The zero-order valence-electron chi connectivity index (χ0n) is 11.2. The summed E-state index contributed by atoms with van der Waals surface area (Å²) in [5.41, 5.74) is 8.69. The van der Waals surface area contributed by atoms with Crippen molar-refractivity contribution in [1.29, 1.82) is 0 Å². The Morgan fingerprint density at radius 2 is 2.14 bits per heavy atom. The Morgan fingerprint density at radius 1 is 1.33 bits per heavy atom. The quantitative estimate of drug-likeness (QED) is 0.868. The highest BCUT2D eigenvalue weighted by Gasteiger charge is 2.20. The van der Waals surface area contributed by atoms with Crippen LogP contribution in [0.5, 0.6) is 5.75 Å². The van der Waals surface area contributed by atoms with Gasteiger partial charge in [0.15, 0.2) is 0 Å². The smallest absolute Gasteiger partial charge is 0.129 e. The molecular weight excluding hydrogens is 357 g/mol. The van der Waals surface area contributed by atoms with Gasteiger partial charge in [-0.2, -0.15) is 0 Å². The summed E-state index contributed by atoms with van der Waals surface area (Å²) in [5.74, 6) is 0.545. The molecule has 2 N–H and O–H groups in total. The maximum Gasteiger partial charge on any atom is 0.129 e. The average molecular weight is 371 g/mol. The van der Waals surface area contributed by atoms with Crippen molar-refractivity contribution in [3.63, 3.8) is 0 Å². The van der Waals surface area contributed by atoms with Crippen LogP contribution in [0.4, 0.5) is 4.39 Å². The van der Waals surface area contributed by atoms with Crippen LogP contribution >= 0.6 is 27.5 Å². The van der Waals surface area contributed by atoms with E-state index in [4.69, 9.17) is 22.1 Å². The van der Waals surface area contributed by atoms with Gasteiger partial charge in [-0.05, 0) is 41.8 Å². The summed E-state index contributed by atoms with van der Waals surface area (Å²) in [4.78, 5) is 0. The molecule has 0 radical (unpaired) electrons. The number of benzene rings is 2. The van der Waals surface area contributed by atoms with E-state index in [9.17, 15) is 4.39 Å². The molecule has 2 nitrogen and oxygen atoms in total. The van der Waals surface area contributed by atoms with Crippen molar-refractivity contribution < 1.29 is 9.13 Å². The molecule has 0 saturated heterocycles. The van der Waals surface area contributed by atoms with Gasteiger partial charge < -0.3 is 10.5 Å². The van der Waals surface area contributed by atoms with E-state index in [1.54, 1.807) is 12.1 Å². The lowest BCUT2D eigenvalue weighted by atomic mass is 9.97. The van der Waals surface area contributed by atoms with Crippen LogP contribution in [-0.2, 0) is 12.8 Å². The molecule has 1 heterocycles. The Bertz CT molecular complexity index is 692. The Balaban J connectivity index is 1.90. The van der Waals surface area contributed by atoms with Gasteiger partial charge in [-0.25, -0.2) is 4.39 Å². The third-order valence-electron chi connectivity index (χ3n) is 3.63. The molecule has 0 fully saturated rings. The minimum Gasteiger partial charge on any atom is -0.493 e. The molecule has 2 aromatic carbocycles. The van der Waals surface area contributed by atoms with E-state index in [0.29, 0.717) is 28.1 Å². The molecule has 21 heavy (non-hydrogen) atoms. The van der Waals surface area contributed by atoms with Gasteiger partial charge >= 0.3 is 0 Å². The molecule has 0 bridgehead atoms. The lowest BCUT2D eigenvalue weighted by molar-refractivity contribution is 0.352. The largest absolute Gasteiger partial charge is 0.493 e. The van der Waals surface area contributed by atoms with Crippen LogP contribution in [0.15, 0.2) is 34.8 Å². The first kappa shape index (κ1) is 14.8. The van der Waals surface area contributed by atoms with E-state index in [-0.39, 0.29) is 5.82 Å². The summed E-state index contributed by atoms with van der Waals surface area (Å²) in [7, 11) is 0. The molecule has 0 amide bonds. The Labute approximate surface area is 136 Å². The molecule has 0 spiro atoms. The van der Waals surface area contributed by atoms with E-state index in [0.717, 1.165) is 23.3 Å². The van der Waals surface area contributed by atoms with Crippen molar-refractivity contribution in [2.24, 2.45) is 5.73 Å². The number of hydrogen-bond acceptors (Lipinski definition) is 2. The van der Waals surface area contributed by atoms with Crippen LogP contribution in [0.1, 0.15) is 22.7 Å². The highest BCUT2D eigenvalue weighted by atomic mass is 79.9. The summed E-state index contributed by atoms with van der Waals surface area (Å²) in [6, 6.07) is 8.24. The van der Waals surface area contributed by atoms with E-state index in [1.807, 2.05) is 12.1 Å². The summed E-state index contributed by atoms with van der Waals surface area (Å²) in [5, 5.41) is 0.665. The number of fused-ring (bicyclic) bond motifs is 1. The molecular formula is C16H14BrClFNO. The third kappa shape index (κ3) is 3.07. The highest BCUT2D eigenvalue weighted by Crippen LogP contribution is 2.35. The maximum absolute atomic E-state index is 14.0. The molecule has 0 aliphatic carbocycles. The van der Waals surface area contributed by atoms with Gasteiger partial charge in [0.2, 0.25) is 0 Å². The Hall–Kier alpha value is -1.10. The Morgan fingerprint density at radius 3 is 2.90 bits per heavy atom. The first-order chi connectivity index (χ1) is 10.0. The van der Waals surface area contributed by atoms with Crippen molar-refractivity contribution in [1.82, 2.24) is 0 Å². The average Bonchev–Trinajstić information content (AvgIpc) is 2.86. The van der Waals surface area contributed by atoms with E-state index < -0.39 is 6.04 Å². The second-order valence-corrected chi connectivity index (χ2v) is 6.48. The highest BCUT2D eigenvalue weighted by molar-refractivity contribution is 9.10. The first-order valence-electron chi connectivity index (χ1n) is 6.69. The predicted molar refractivity (Wildman–Crippen MR) is 85.4 cm³/mol. The van der Waals surface area contributed by atoms with E-state index >= 15 is 0 Å². The SMILES string of the molecule is NC(Cc1cc(Cl)cc2c1OCC2)c1ccc(Br)cc1F. The van der Waals surface area contributed by atoms with Crippen LogP contribution in [0.25, 0.3) is 0 Å². The summed E-state index contributed by atoms with van der Waals surface area (Å²) in [6.45, 7) is 0.657. The molecule has 1 atom stereocenters. The van der Waals surface area contributed by atoms with Gasteiger partial charge in [0.1, 0.15) is 11.6 Å². The minimum absolute atomic E-state index is 0.309. The lowest BCUT2D eigenvalue weighted by Gasteiger charge is -2.16. The van der Waals surface area contributed by atoms with E-state index in [2.05, 4.69) is 15.9 Å². The summed E-state index contributed by atoms with van der Waals surface area (Å²) < 4.78 is 20.3. The lowest BCUT2D eigenvalue weighted by Crippen LogP contribution is -2.15. The van der Waals surface area contributed by atoms with Crippen LogP contribution in [0.2, 0.25) is 5.02 Å². The number of ether oxygens (including phenoxy) is 1. The molecule has 1 unspecified atom stereocenters. The second-order valence-electron chi connectivity index (χ2n) is 5.13. The van der Waals surface area contributed by atoms with E-state index in [1.165, 1.54) is 6.07 Å². The monoisotopic (exact) mass is 369 g/mol. The predicted octanol–water partition coefficient (Wildman–Crippen LogP) is 4.42. The topological polar surface area (TPSA) is 35.2 Å². The normalized spacial score (nSPS) is 14.7. The van der Waals surface area contributed by atoms with Crippen molar-refractivity contribution in [2.75, 3.05) is 6.61 Å². The molecule has 110 valence electrons. The van der Waals surface area contributed by atoms with Gasteiger partial charge in [-0.3, -0.25) is 0 Å². The van der Waals surface area contributed by atoms with Gasteiger partial charge in [-0.1, -0.05) is 33.6 Å². The Kier molecular flexibility index (Phi) is 4.20. The number of halogens is 3. The molecule has 1 aliphatic heterocycles. The van der Waals surface area contributed by atoms with Gasteiger partial charge in [0, 0.05) is 27.5 Å². The van der Waals surface area contributed by atoms with Crippen LogP contribution in [0, 0.1) is 5.82 Å². The van der Waals surface area contributed by atoms with Gasteiger partial charge in [0.25, 0.3) is 0 Å². The minimum atomic E-state index is -0.440. The van der Waals surface area contributed by atoms with Gasteiger partial charge in [-0.15, -0.1) is 0 Å². The summed E-state index contributed by atoms with van der Waals surface area (Å²) >= 11 is 9.38. The van der Waals surface area contributed by atoms with Crippen molar-refractivity contribution in [3.8, 4) is 5.75 Å². The molecule has 2 aromatic rings. The fourth-order valence-corrected chi connectivity index (χ4v) is 3.24. The summed E-state index contributed by atoms with van der Waals surface area (Å²) in [6.07, 6.45) is 1.34. The number of rotatable bonds is 3. The zero-order chi connectivity index (χ0) is 15.0. The number of hydrogen-bond donors (Lipinski definition) is 1. The van der Waals surface area contributed by atoms with Crippen LogP contribution < -0.4 is 10.5 Å². The second kappa shape index (κ2) is 5.95. The standard InChI is InChI=1S/C16H14BrClFNO/c17-11-1-2-13(14(19)8-11)15(20)7-10-6-12(18)5-9-3-4-21-16(9)10/h1-2,5-6,8,15H,3-4,7,20H2. The molecule has 3 rings (SSSR count). The molecule has 0 saturated carbocycles. The van der Waals surface area contributed by atoms with Crippen molar-refractivity contribution in [3.05, 3.63) is 62.3 Å². The zero-order valence-corrected chi connectivity index (χ0v) is 13.5.